The molecule has 7 nitrogen and oxygen atoms in total. The van der Waals surface area contributed by atoms with Crippen molar-refractivity contribution in [1.29, 1.82) is 0 Å². The summed E-state index contributed by atoms with van der Waals surface area (Å²) in [7, 11) is 0. The molecular weight excluding hydrogens is 556 g/mol. The van der Waals surface area contributed by atoms with Gasteiger partial charge in [0, 0.05) is 11.8 Å². The molecule has 0 aromatic rings. The molecule has 6 aliphatic rings. The Morgan fingerprint density at radius 2 is 1.11 bits per heavy atom. The number of carboxylic acids is 1. The number of carbonyl (C=O) groups is 2. The van der Waals surface area contributed by atoms with E-state index in [0.29, 0.717) is 43.1 Å². The third-order valence-electron chi connectivity index (χ3n) is 13.6. The van der Waals surface area contributed by atoms with Crippen LogP contribution in [-0.4, -0.2) is 47.2 Å². The second-order valence-electron chi connectivity index (χ2n) is 15.9. The number of carbonyl (C=O) groups excluding carboxylic acids is 1. The van der Waals surface area contributed by atoms with Gasteiger partial charge in [0.05, 0.1) is 30.7 Å². The molecule has 250 valence electrons. The van der Waals surface area contributed by atoms with Crippen molar-refractivity contribution < 1.29 is 34.3 Å². The normalized spacial score (nSPS) is 41.0. The van der Waals surface area contributed by atoms with Crippen LogP contribution in [0.2, 0.25) is 0 Å². The van der Waals surface area contributed by atoms with E-state index < -0.39 is 17.8 Å². The van der Waals surface area contributed by atoms with E-state index in [1.54, 1.807) is 0 Å². The third kappa shape index (κ3) is 7.68. The number of aliphatic carboxylic acids is 1. The van der Waals surface area contributed by atoms with Crippen LogP contribution < -0.4 is 0 Å². The van der Waals surface area contributed by atoms with Crippen LogP contribution in [0.4, 0.5) is 0 Å². The minimum absolute atomic E-state index is 0.116. The zero-order chi connectivity index (χ0) is 30.5. The lowest BCUT2D eigenvalue weighted by molar-refractivity contribution is -0.264. The Bertz CT molecular complexity index is 927. The molecule has 6 aliphatic carbocycles. The standard InChI is InChI=1S/C37H60O7/c38-36(39)31-18-17-26(24-9-3-1-4-10-24)21-32(31)37(40)44-34-20-19-33(29-13-7-8-14-30(29)34)43-35-22-27(15-16-28(35)23-42-41)25-11-5-2-6-12-25/h24-35,41H,1-23H2,(H,38,39). The second kappa shape index (κ2) is 15.6. The molecule has 7 heteroatoms. The van der Waals surface area contributed by atoms with Crippen LogP contribution in [0.3, 0.4) is 0 Å². The Morgan fingerprint density at radius 3 is 1.75 bits per heavy atom. The fourth-order valence-electron chi connectivity index (χ4n) is 11.1. The van der Waals surface area contributed by atoms with Gasteiger partial charge in [0.25, 0.3) is 0 Å². The summed E-state index contributed by atoms with van der Waals surface area (Å²) in [6.45, 7) is 0.344. The molecule has 0 aliphatic heterocycles. The monoisotopic (exact) mass is 616 g/mol. The molecule has 10 unspecified atom stereocenters. The Kier molecular flexibility index (Phi) is 11.6. The summed E-state index contributed by atoms with van der Waals surface area (Å²) in [6, 6.07) is 0. The zero-order valence-electron chi connectivity index (χ0n) is 27.1. The van der Waals surface area contributed by atoms with Crippen molar-refractivity contribution in [3.63, 3.8) is 0 Å². The van der Waals surface area contributed by atoms with Gasteiger partial charge in [-0.05, 0) is 93.8 Å². The van der Waals surface area contributed by atoms with Crippen LogP contribution >= 0.6 is 0 Å². The van der Waals surface area contributed by atoms with Crippen LogP contribution in [0.15, 0.2) is 0 Å². The van der Waals surface area contributed by atoms with Crippen molar-refractivity contribution in [1.82, 2.24) is 0 Å². The van der Waals surface area contributed by atoms with E-state index in [0.717, 1.165) is 57.3 Å². The van der Waals surface area contributed by atoms with Gasteiger partial charge in [-0.15, -0.1) is 0 Å². The molecule has 0 bridgehead atoms. The molecule has 0 heterocycles. The van der Waals surface area contributed by atoms with Crippen molar-refractivity contribution in [3.05, 3.63) is 0 Å². The van der Waals surface area contributed by atoms with Crippen molar-refractivity contribution in [2.24, 2.45) is 53.3 Å². The summed E-state index contributed by atoms with van der Waals surface area (Å²) in [5, 5.41) is 19.4. The highest BCUT2D eigenvalue weighted by atomic mass is 17.1. The highest BCUT2D eigenvalue weighted by molar-refractivity contribution is 5.81. The average Bonchev–Trinajstić information content (AvgIpc) is 3.07. The first-order chi connectivity index (χ1) is 21.5. The topological polar surface area (TPSA) is 102 Å². The van der Waals surface area contributed by atoms with Gasteiger partial charge >= 0.3 is 11.9 Å². The van der Waals surface area contributed by atoms with Gasteiger partial charge in [-0.1, -0.05) is 77.0 Å². The van der Waals surface area contributed by atoms with Crippen molar-refractivity contribution >= 4 is 11.9 Å². The van der Waals surface area contributed by atoms with Crippen LogP contribution in [0.5, 0.6) is 0 Å². The van der Waals surface area contributed by atoms with Crippen LogP contribution in [0.25, 0.3) is 0 Å². The van der Waals surface area contributed by atoms with Crippen LogP contribution in [0.1, 0.15) is 141 Å². The summed E-state index contributed by atoms with van der Waals surface area (Å²) in [6.07, 6.45) is 25.0. The molecular formula is C37H60O7. The Morgan fingerprint density at radius 1 is 0.545 bits per heavy atom. The fraction of sp³-hybridized carbons (Fsp3) is 0.946. The van der Waals surface area contributed by atoms with Crippen molar-refractivity contribution in [2.75, 3.05) is 6.61 Å². The highest BCUT2D eigenvalue weighted by Crippen LogP contribution is 2.48. The molecule has 10 atom stereocenters. The molecule has 2 N–H and O–H groups in total. The minimum atomic E-state index is -0.831. The Hall–Kier alpha value is -1.18. The van der Waals surface area contributed by atoms with E-state index in [2.05, 4.69) is 0 Å². The van der Waals surface area contributed by atoms with Gasteiger partial charge in [0.15, 0.2) is 0 Å². The molecule has 0 aromatic heterocycles. The van der Waals surface area contributed by atoms with E-state index in [1.165, 1.54) is 77.0 Å². The van der Waals surface area contributed by atoms with E-state index in [-0.39, 0.29) is 36.1 Å². The predicted octanol–water partition coefficient (Wildman–Crippen LogP) is 8.44. The SMILES string of the molecule is O=C(O)C1CCC(C2CCCCC2)CC1C(=O)OC1CCC(OC2CC(C3CCCCC3)CCC2COO)C2CCCCC12. The molecule has 6 saturated carbocycles. The maximum Gasteiger partial charge on any atom is 0.310 e. The van der Waals surface area contributed by atoms with Gasteiger partial charge in [-0.2, -0.15) is 0 Å². The van der Waals surface area contributed by atoms with Gasteiger partial charge in [-0.25, -0.2) is 4.89 Å². The highest BCUT2D eigenvalue weighted by Gasteiger charge is 2.48. The van der Waals surface area contributed by atoms with E-state index in [1.807, 2.05) is 0 Å². The van der Waals surface area contributed by atoms with Gasteiger partial charge in [-0.3, -0.25) is 14.8 Å². The van der Waals surface area contributed by atoms with Crippen molar-refractivity contribution in [2.45, 2.75) is 160 Å². The summed E-state index contributed by atoms with van der Waals surface area (Å²) in [5.74, 6) is 1.32. The summed E-state index contributed by atoms with van der Waals surface area (Å²) in [4.78, 5) is 30.8. The van der Waals surface area contributed by atoms with Crippen molar-refractivity contribution in [3.8, 4) is 0 Å². The lowest BCUT2D eigenvalue weighted by atomic mass is 9.66. The zero-order valence-corrected chi connectivity index (χ0v) is 27.1. The second-order valence-corrected chi connectivity index (χ2v) is 15.9. The third-order valence-corrected chi connectivity index (χ3v) is 13.6. The molecule has 0 saturated heterocycles. The predicted molar refractivity (Wildman–Crippen MR) is 168 cm³/mol. The van der Waals surface area contributed by atoms with E-state index in [4.69, 9.17) is 14.4 Å². The molecule has 0 aromatic carbocycles. The summed E-state index contributed by atoms with van der Waals surface area (Å²) < 4.78 is 13.5. The first-order valence-corrected chi connectivity index (χ1v) is 18.9. The lowest BCUT2D eigenvalue weighted by Gasteiger charge is -2.48. The Balaban J connectivity index is 1.10. The van der Waals surface area contributed by atoms with Crippen LogP contribution in [-0.2, 0) is 24.0 Å². The van der Waals surface area contributed by atoms with E-state index in [9.17, 15) is 20.0 Å². The molecule has 0 radical (unpaired) electrons. The lowest BCUT2D eigenvalue weighted by Crippen LogP contribution is -2.49. The molecule has 0 spiro atoms. The number of carboxylic acid groups (broad SMARTS) is 1. The number of ether oxygens (including phenoxy) is 2. The first kappa shape index (κ1) is 32.7. The smallest absolute Gasteiger partial charge is 0.310 e. The van der Waals surface area contributed by atoms with Gasteiger partial charge in [0.1, 0.15) is 6.10 Å². The number of hydrogen-bond acceptors (Lipinski definition) is 6. The number of hydrogen-bond donors (Lipinski definition) is 2. The molecule has 0 amide bonds. The van der Waals surface area contributed by atoms with Gasteiger partial charge < -0.3 is 14.6 Å². The van der Waals surface area contributed by atoms with E-state index >= 15 is 0 Å². The number of fused-ring (bicyclic) bond motifs is 1. The molecule has 44 heavy (non-hydrogen) atoms. The van der Waals surface area contributed by atoms with Gasteiger partial charge in [0.2, 0.25) is 0 Å². The maximum atomic E-state index is 13.8. The molecule has 6 fully saturated rings. The summed E-state index contributed by atoms with van der Waals surface area (Å²) in [5.41, 5.74) is 0. The quantitative estimate of drug-likeness (QED) is 0.152. The minimum Gasteiger partial charge on any atom is -0.481 e. The van der Waals surface area contributed by atoms with Crippen LogP contribution in [0, 0.1) is 53.3 Å². The fourth-order valence-corrected chi connectivity index (χ4v) is 11.1. The maximum absolute atomic E-state index is 13.8. The summed E-state index contributed by atoms with van der Waals surface area (Å²) >= 11 is 0. The first-order valence-electron chi connectivity index (χ1n) is 18.9. The number of esters is 1. The Labute approximate surface area is 265 Å². The largest absolute Gasteiger partial charge is 0.481 e. The average molecular weight is 617 g/mol. The molecule has 6 rings (SSSR count). The number of rotatable bonds is 9.